The Labute approximate surface area is 292 Å². The standard InChI is InChI=1S/C43H78O4/c1-3-5-7-9-11-13-15-17-19-21-23-25-27-29-31-36-41(44)39-40(35-33-34-38-43(46)47)42(45)37-32-30-28-26-24-22-20-18-16-14-12-10-8-6-4-2/h17-20,40H,3-16,21-39H2,1-2H3,(H,46,47). The van der Waals surface area contributed by atoms with Crippen LogP contribution >= 0.6 is 0 Å². The number of carboxylic acid groups (broad SMARTS) is 1. The van der Waals surface area contributed by atoms with Gasteiger partial charge in [-0.1, -0.05) is 147 Å². The molecule has 0 fully saturated rings. The molecule has 0 radical (unpaired) electrons. The lowest BCUT2D eigenvalue weighted by Gasteiger charge is -2.15. The second-order valence-electron chi connectivity index (χ2n) is 14.2. The molecule has 0 aliphatic rings. The summed E-state index contributed by atoms with van der Waals surface area (Å²) in [6, 6.07) is 0. The lowest BCUT2D eigenvalue weighted by atomic mass is 9.88. The largest absolute Gasteiger partial charge is 0.481 e. The average Bonchev–Trinajstić information content (AvgIpc) is 3.05. The zero-order valence-corrected chi connectivity index (χ0v) is 31.4. The van der Waals surface area contributed by atoms with Crippen LogP contribution in [0.15, 0.2) is 24.3 Å². The lowest BCUT2D eigenvalue weighted by Crippen LogP contribution is -2.19. The van der Waals surface area contributed by atoms with E-state index in [1.165, 1.54) is 122 Å². The zero-order valence-electron chi connectivity index (χ0n) is 31.4. The minimum absolute atomic E-state index is 0.137. The van der Waals surface area contributed by atoms with Crippen LogP contribution in [0.1, 0.15) is 226 Å². The highest BCUT2D eigenvalue weighted by Gasteiger charge is 2.21. The van der Waals surface area contributed by atoms with E-state index in [2.05, 4.69) is 38.2 Å². The van der Waals surface area contributed by atoms with Gasteiger partial charge in [-0.25, -0.2) is 0 Å². The number of Topliss-reactive ketones (excluding diaryl/α,β-unsaturated/α-hetero) is 2. The van der Waals surface area contributed by atoms with Crippen LogP contribution in [0.4, 0.5) is 0 Å². The fraction of sp³-hybridized carbons (Fsp3) is 0.837. The normalized spacial score (nSPS) is 12.4. The van der Waals surface area contributed by atoms with Crippen LogP contribution in [-0.2, 0) is 14.4 Å². The van der Waals surface area contributed by atoms with Gasteiger partial charge >= 0.3 is 5.97 Å². The first kappa shape index (κ1) is 45.3. The monoisotopic (exact) mass is 659 g/mol. The second-order valence-corrected chi connectivity index (χ2v) is 14.2. The van der Waals surface area contributed by atoms with Crippen LogP contribution in [0, 0.1) is 5.92 Å². The highest BCUT2D eigenvalue weighted by Crippen LogP contribution is 2.21. The molecule has 0 bridgehead atoms. The number of allylic oxidation sites excluding steroid dienone is 4. The molecule has 1 unspecified atom stereocenters. The summed E-state index contributed by atoms with van der Waals surface area (Å²) < 4.78 is 0. The van der Waals surface area contributed by atoms with Crippen molar-refractivity contribution in [2.75, 3.05) is 0 Å². The maximum absolute atomic E-state index is 13.1. The molecule has 0 rings (SSSR count). The Morgan fingerprint density at radius 3 is 1.23 bits per heavy atom. The molecule has 0 aromatic carbocycles. The van der Waals surface area contributed by atoms with E-state index < -0.39 is 5.97 Å². The van der Waals surface area contributed by atoms with Crippen molar-refractivity contribution >= 4 is 17.5 Å². The van der Waals surface area contributed by atoms with Gasteiger partial charge in [0.15, 0.2) is 0 Å². The number of hydrogen-bond acceptors (Lipinski definition) is 3. The van der Waals surface area contributed by atoms with Crippen molar-refractivity contribution in [3.8, 4) is 0 Å². The summed E-state index contributed by atoms with van der Waals surface area (Å²) >= 11 is 0. The van der Waals surface area contributed by atoms with Crippen molar-refractivity contribution in [3.05, 3.63) is 24.3 Å². The van der Waals surface area contributed by atoms with Crippen molar-refractivity contribution in [2.45, 2.75) is 226 Å². The summed E-state index contributed by atoms with van der Waals surface area (Å²) in [7, 11) is 0. The number of aliphatic carboxylic acids is 1. The minimum Gasteiger partial charge on any atom is -0.481 e. The fourth-order valence-electron chi connectivity index (χ4n) is 6.39. The molecule has 0 saturated carbocycles. The SMILES string of the molecule is CCCCCCCCC=CCCCCCCCC(=O)CC(CCCCC(=O)O)C(=O)CCCCCCCC=CCCCCCCCC. The predicted octanol–water partition coefficient (Wildman–Crippen LogP) is 13.9. The molecule has 274 valence electrons. The number of unbranched alkanes of at least 4 members (excludes halogenated alkanes) is 23. The molecule has 4 nitrogen and oxygen atoms in total. The number of carboxylic acids is 1. The topological polar surface area (TPSA) is 71.4 Å². The summed E-state index contributed by atoms with van der Waals surface area (Å²) in [4.78, 5) is 36.8. The second kappa shape index (κ2) is 37.1. The van der Waals surface area contributed by atoms with Crippen molar-refractivity contribution in [3.63, 3.8) is 0 Å². The van der Waals surface area contributed by atoms with Crippen molar-refractivity contribution in [1.82, 2.24) is 0 Å². The molecular weight excluding hydrogens is 580 g/mol. The molecule has 4 heteroatoms. The third-order valence-corrected chi connectivity index (χ3v) is 9.53. The smallest absolute Gasteiger partial charge is 0.303 e. The van der Waals surface area contributed by atoms with Crippen LogP contribution in [-0.4, -0.2) is 22.6 Å². The Morgan fingerprint density at radius 2 is 0.809 bits per heavy atom. The van der Waals surface area contributed by atoms with E-state index in [0.717, 1.165) is 44.9 Å². The molecule has 0 amide bonds. The minimum atomic E-state index is -0.790. The Morgan fingerprint density at radius 1 is 0.447 bits per heavy atom. The van der Waals surface area contributed by atoms with Gasteiger partial charge in [-0.2, -0.15) is 0 Å². The van der Waals surface area contributed by atoms with E-state index >= 15 is 0 Å². The lowest BCUT2D eigenvalue weighted by molar-refractivity contribution is -0.137. The zero-order chi connectivity index (χ0) is 34.5. The van der Waals surface area contributed by atoms with Crippen LogP contribution in [0.25, 0.3) is 0 Å². The predicted molar refractivity (Wildman–Crippen MR) is 203 cm³/mol. The number of carbonyl (C=O) groups excluding carboxylic acids is 2. The Balaban J connectivity index is 4.05. The number of ketones is 2. The first-order chi connectivity index (χ1) is 23.0. The maximum Gasteiger partial charge on any atom is 0.303 e. The van der Waals surface area contributed by atoms with Gasteiger partial charge in [0.05, 0.1) is 0 Å². The molecule has 0 aromatic heterocycles. The van der Waals surface area contributed by atoms with Gasteiger partial charge in [-0.3, -0.25) is 14.4 Å². The van der Waals surface area contributed by atoms with E-state index in [0.29, 0.717) is 38.5 Å². The molecule has 0 spiro atoms. The average molecular weight is 659 g/mol. The van der Waals surface area contributed by atoms with E-state index in [1.807, 2.05) is 0 Å². The van der Waals surface area contributed by atoms with Crippen LogP contribution < -0.4 is 0 Å². The van der Waals surface area contributed by atoms with Crippen LogP contribution in [0.2, 0.25) is 0 Å². The first-order valence-corrected chi connectivity index (χ1v) is 20.6. The molecule has 1 atom stereocenters. The quantitative estimate of drug-likeness (QED) is 0.0529. The van der Waals surface area contributed by atoms with Crippen molar-refractivity contribution < 1.29 is 19.5 Å². The summed E-state index contributed by atoms with van der Waals surface area (Å²) in [5.41, 5.74) is 0. The molecule has 0 aromatic rings. The van der Waals surface area contributed by atoms with Crippen LogP contribution in [0.5, 0.6) is 0 Å². The van der Waals surface area contributed by atoms with Gasteiger partial charge in [-0.15, -0.1) is 0 Å². The number of hydrogen-bond donors (Lipinski definition) is 1. The maximum atomic E-state index is 13.1. The highest BCUT2D eigenvalue weighted by molar-refractivity contribution is 5.87. The summed E-state index contributed by atoms with van der Waals surface area (Å²) in [6.07, 6.45) is 45.2. The highest BCUT2D eigenvalue weighted by atomic mass is 16.4. The molecule has 0 aliphatic carbocycles. The number of carbonyl (C=O) groups is 3. The molecule has 0 aliphatic heterocycles. The van der Waals surface area contributed by atoms with Crippen molar-refractivity contribution in [1.29, 1.82) is 0 Å². The molecule has 47 heavy (non-hydrogen) atoms. The Hall–Kier alpha value is -1.71. The third-order valence-electron chi connectivity index (χ3n) is 9.53. The van der Waals surface area contributed by atoms with E-state index in [9.17, 15) is 14.4 Å². The van der Waals surface area contributed by atoms with E-state index in [4.69, 9.17) is 5.11 Å². The summed E-state index contributed by atoms with van der Waals surface area (Å²) in [6.45, 7) is 4.53. The van der Waals surface area contributed by atoms with Gasteiger partial charge in [0.1, 0.15) is 11.6 Å². The third kappa shape index (κ3) is 35.4. The van der Waals surface area contributed by atoms with Crippen molar-refractivity contribution in [2.24, 2.45) is 5.92 Å². The number of rotatable bonds is 38. The molecule has 0 saturated heterocycles. The summed E-state index contributed by atoms with van der Waals surface area (Å²) in [5, 5.41) is 8.97. The molecule has 1 N–H and O–H groups in total. The molecule has 0 heterocycles. The van der Waals surface area contributed by atoms with Crippen LogP contribution in [0.3, 0.4) is 0 Å². The first-order valence-electron chi connectivity index (χ1n) is 20.6. The Bertz CT molecular complexity index is 768. The summed E-state index contributed by atoms with van der Waals surface area (Å²) in [5.74, 6) is -0.586. The van der Waals surface area contributed by atoms with E-state index in [1.54, 1.807) is 0 Å². The van der Waals surface area contributed by atoms with Gasteiger partial charge in [0, 0.05) is 31.6 Å². The molecular formula is C43H78O4. The van der Waals surface area contributed by atoms with E-state index in [-0.39, 0.29) is 23.9 Å². The van der Waals surface area contributed by atoms with Gasteiger partial charge in [-0.05, 0) is 77.0 Å². The van der Waals surface area contributed by atoms with Gasteiger partial charge in [0.25, 0.3) is 0 Å². The van der Waals surface area contributed by atoms with Gasteiger partial charge < -0.3 is 5.11 Å². The van der Waals surface area contributed by atoms with Gasteiger partial charge in [0.2, 0.25) is 0 Å². The Kier molecular flexibility index (Phi) is 35.8. The fourth-order valence-corrected chi connectivity index (χ4v) is 6.39.